The molecule has 2 bridgehead atoms. The van der Waals surface area contributed by atoms with Crippen LogP contribution in [-0.2, 0) is 5.88 Å². The number of nitrogens with zero attached hydrogens (tertiary/aromatic N) is 1. The van der Waals surface area contributed by atoms with Crippen molar-refractivity contribution in [3.05, 3.63) is 33.9 Å². The minimum atomic E-state index is -0.395. The zero-order valence-corrected chi connectivity index (χ0v) is 12.0. The van der Waals surface area contributed by atoms with Crippen LogP contribution in [0.5, 0.6) is 5.75 Å². The summed E-state index contributed by atoms with van der Waals surface area (Å²) >= 11 is 5.78. The van der Waals surface area contributed by atoms with Crippen LogP contribution in [-0.4, -0.2) is 11.5 Å². The number of hydrogen-bond acceptors (Lipinski definition) is 3. The Labute approximate surface area is 123 Å². The topological polar surface area (TPSA) is 52.4 Å². The number of rotatable bonds is 5. The first-order valence-corrected chi connectivity index (χ1v) is 7.67. The SMILES string of the molecule is O=[N+]([O-])c1ccc(CCl)cc1OCC1CC2CCC1C2. The van der Waals surface area contributed by atoms with E-state index in [1.807, 2.05) is 0 Å². The molecule has 0 N–H and O–H groups in total. The molecular weight excluding hydrogens is 278 g/mol. The summed E-state index contributed by atoms with van der Waals surface area (Å²) in [6.45, 7) is 0.591. The normalized spacial score (nSPS) is 27.8. The van der Waals surface area contributed by atoms with Crippen LogP contribution >= 0.6 is 11.6 Å². The monoisotopic (exact) mass is 295 g/mol. The molecule has 0 radical (unpaired) electrons. The van der Waals surface area contributed by atoms with Crippen LogP contribution in [0, 0.1) is 27.9 Å². The second kappa shape index (κ2) is 5.60. The van der Waals surface area contributed by atoms with Gasteiger partial charge in [-0.3, -0.25) is 10.1 Å². The first kappa shape index (κ1) is 13.7. The van der Waals surface area contributed by atoms with Crippen LogP contribution in [0.3, 0.4) is 0 Å². The average Bonchev–Trinajstić information content (AvgIpc) is 3.07. The molecule has 0 heterocycles. The van der Waals surface area contributed by atoms with Gasteiger partial charge < -0.3 is 4.74 Å². The Morgan fingerprint density at radius 3 is 2.80 bits per heavy atom. The van der Waals surface area contributed by atoms with Gasteiger partial charge in [0, 0.05) is 11.9 Å². The number of benzene rings is 1. The Kier molecular flexibility index (Phi) is 3.83. The molecule has 20 heavy (non-hydrogen) atoms. The van der Waals surface area contributed by atoms with Gasteiger partial charge in [-0.2, -0.15) is 0 Å². The van der Waals surface area contributed by atoms with Gasteiger partial charge in [0.2, 0.25) is 0 Å². The van der Waals surface area contributed by atoms with E-state index < -0.39 is 4.92 Å². The Hall–Kier alpha value is -1.29. The van der Waals surface area contributed by atoms with Crippen molar-refractivity contribution in [2.75, 3.05) is 6.61 Å². The van der Waals surface area contributed by atoms with E-state index in [9.17, 15) is 10.1 Å². The van der Waals surface area contributed by atoms with Gasteiger partial charge in [0.1, 0.15) is 0 Å². The number of nitro groups is 1. The van der Waals surface area contributed by atoms with Crippen molar-refractivity contribution in [1.29, 1.82) is 0 Å². The Morgan fingerprint density at radius 1 is 1.35 bits per heavy atom. The van der Waals surface area contributed by atoms with Gasteiger partial charge in [-0.15, -0.1) is 11.6 Å². The van der Waals surface area contributed by atoms with E-state index in [-0.39, 0.29) is 5.69 Å². The molecule has 0 aliphatic heterocycles. The lowest BCUT2D eigenvalue weighted by Crippen LogP contribution is -2.18. The van der Waals surface area contributed by atoms with E-state index >= 15 is 0 Å². The number of hydrogen-bond donors (Lipinski definition) is 0. The zero-order chi connectivity index (χ0) is 14.1. The van der Waals surface area contributed by atoms with Crippen LogP contribution in [0.15, 0.2) is 18.2 Å². The lowest BCUT2D eigenvalue weighted by atomic mass is 9.89. The minimum Gasteiger partial charge on any atom is -0.487 e. The van der Waals surface area contributed by atoms with Gasteiger partial charge in [-0.25, -0.2) is 0 Å². The lowest BCUT2D eigenvalue weighted by Gasteiger charge is -2.21. The second-order valence-electron chi connectivity index (χ2n) is 5.94. The fourth-order valence-electron chi connectivity index (χ4n) is 3.69. The van der Waals surface area contributed by atoms with Crippen molar-refractivity contribution in [3.8, 4) is 5.75 Å². The maximum atomic E-state index is 11.0. The van der Waals surface area contributed by atoms with E-state index in [1.54, 1.807) is 12.1 Å². The fraction of sp³-hybridized carbons (Fsp3) is 0.600. The van der Waals surface area contributed by atoms with E-state index in [2.05, 4.69) is 0 Å². The maximum Gasteiger partial charge on any atom is 0.310 e. The fourth-order valence-corrected chi connectivity index (χ4v) is 3.85. The Bertz CT molecular complexity index is 520. The molecule has 0 saturated heterocycles. The third-order valence-electron chi connectivity index (χ3n) is 4.71. The van der Waals surface area contributed by atoms with Gasteiger partial charge in [0.25, 0.3) is 0 Å². The number of nitro benzene ring substituents is 1. The summed E-state index contributed by atoms with van der Waals surface area (Å²) in [6.07, 6.45) is 5.18. The molecule has 1 aromatic carbocycles. The quantitative estimate of drug-likeness (QED) is 0.466. The first-order chi connectivity index (χ1) is 9.67. The van der Waals surface area contributed by atoms with Crippen molar-refractivity contribution in [1.82, 2.24) is 0 Å². The summed E-state index contributed by atoms with van der Waals surface area (Å²) in [4.78, 5) is 10.6. The van der Waals surface area contributed by atoms with Gasteiger partial charge in [-0.05, 0) is 48.6 Å². The van der Waals surface area contributed by atoms with Gasteiger partial charge in [0.05, 0.1) is 11.5 Å². The molecule has 2 saturated carbocycles. The van der Waals surface area contributed by atoms with Crippen molar-refractivity contribution < 1.29 is 9.66 Å². The van der Waals surface area contributed by atoms with Crippen LogP contribution in [0.1, 0.15) is 31.2 Å². The molecule has 3 unspecified atom stereocenters. The summed E-state index contributed by atoms with van der Waals surface area (Å²) in [7, 11) is 0. The largest absolute Gasteiger partial charge is 0.487 e. The van der Waals surface area contributed by atoms with Gasteiger partial charge in [0.15, 0.2) is 5.75 Å². The van der Waals surface area contributed by atoms with Crippen molar-refractivity contribution in [3.63, 3.8) is 0 Å². The van der Waals surface area contributed by atoms with E-state index in [0.29, 0.717) is 24.2 Å². The average molecular weight is 296 g/mol. The molecule has 0 aromatic heterocycles. The lowest BCUT2D eigenvalue weighted by molar-refractivity contribution is -0.385. The molecule has 3 atom stereocenters. The molecular formula is C15H18ClNO3. The van der Waals surface area contributed by atoms with Crippen LogP contribution in [0.2, 0.25) is 0 Å². The highest BCUT2D eigenvalue weighted by Crippen LogP contribution is 2.48. The summed E-state index contributed by atoms with van der Waals surface area (Å²) in [5, 5.41) is 11.0. The Morgan fingerprint density at radius 2 is 2.20 bits per heavy atom. The highest BCUT2D eigenvalue weighted by atomic mass is 35.5. The number of alkyl halides is 1. The highest BCUT2D eigenvalue weighted by molar-refractivity contribution is 6.17. The van der Waals surface area contributed by atoms with Crippen molar-refractivity contribution in [2.45, 2.75) is 31.6 Å². The molecule has 5 heteroatoms. The van der Waals surface area contributed by atoms with Crippen molar-refractivity contribution >= 4 is 17.3 Å². The predicted octanol–water partition coefficient (Wildman–Crippen LogP) is 4.15. The highest BCUT2D eigenvalue weighted by Gasteiger charge is 2.39. The predicted molar refractivity (Wildman–Crippen MR) is 77.1 cm³/mol. The number of ether oxygens (including phenoxy) is 1. The van der Waals surface area contributed by atoms with E-state index in [4.69, 9.17) is 16.3 Å². The molecule has 108 valence electrons. The molecule has 2 fully saturated rings. The second-order valence-corrected chi connectivity index (χ2v) is 6.21. The van der Waals surface area contributed by atoms with Gasteiger partial charge in [-0.1, -0.05) is 12.5 Å². The van der Waals surface area contributed by atoms with Crippen LogP contribution in [0.4, 0.5) is 5.69 Å². The smallest absolute Gasteiger partial charge is 0.310 e. The number of fused-ring (bicyclic) bond motifs is 2. The molecule has 1 aromatic rings. The Balaban J connectivity index is 1.71. The molecule has 0 spiro atoms. The maximum absolute atomic E-state index is 11.0. The molecule has 2 aliphatic carbocycles. The third-order valence-corrected chi connectivity index (χ3v) is 5.02. The molecule has 0 amide bonds. The first-order valence-electron chi connectivity index (χ1n) is 7.13. The van der Waals surface area contributed by atoms with Crippen molar-refractivity contribution in [2.24, 2.45) is 17.8 Å². The zero-order valence-electron chi connectivity index (χ0n) is 11.3. The van der Waals surface area contributed by atoms with Crippen LogP contribution < -0.4 is 4.74 Å². The summed E-state index contributed by atoms with van der Waals surface area (Å²) < 4.78 is 5.78. The van der Waals surface area contributed by atoms with E-state index in [1.165, 1.54) is 31.7 Å². The summed E-state index contributed by atoms with van der Waals surface area (Å²) in [5.41, 5.74) is 0.877. The third kappa shape index (κ3) is 2.62. The minimum absolute atomic E-state index is 0.0297. The molecule has 3 rings (SSSR count). The molecule has 2 aliphatic rings. The van der Waals surface area contributed by atoms with E-state index in [0.717, 1.165) is 17.4 Å². The standard InChI is InChI=1S/C15H18ClNO3/c16-8-11-2-4-14(17(18)19)15(7-11)20-9-13-6-10-1-3-12(13)5-10/h2,4,7,10,12-13H,1,3,5-6,8-9H2. The number of halogens is 1. The van der Waals surface area contributed by atoms with Gasteiger partial charge >= 0.3 is 5.69 Å². The molecule has 4 nitrogen and oxygen atoms in total. The van der Waals surface area contributed by atoms with Crippen LogP contribution in [0.25, 0.3) is 0 Å². The summed E-state index contributed by atoms with van der Waals surface area (Å²) in [5.74, 6) is 2.87. The summed E-state index contributed by atoms with van der Waals surface area (Å²) in [6, 6.07) is 4.85.